The Balaban J connectivity index is 1.85. The van der Waals surface area contributed by atoms with Crippen LogP contribution in [0.4, 0.5) is 9.59 Å². The molecule has 0 aromatic heterocycles. The molecule has 39 heavy (non-hydrogen) atoms. The van der Waals surface area contributed by atoms with E-state index in [1.165, 1.54) is 0 Å². The summed E-state index contributed by atoms with van der Waals surface area (Å²) in [5, 5.41) is 9.00. The Morgan fingerprint density at radius 1 is 0.769 bits per heavy atom. The number of urea groups is 1. The van der Waals surface area contributed by atoms with E-state index in [0.717, 1.165) is 13.1 Å². The van der Waals surface area contributed by atoms with Crippen molar-refractivity contribution in [2.75, 3.05) is 118 Å². The third-order valence-electron chi connectivity index (χ3n) is 5.17. The molecule has 0 bridgehead atoms. The van der Waals surface area contributed by atoms with Gasteiger partial charge in [-0.2, -0.15) is 0 Å². The molecular weight excluding hydrogens is 514 g/mol. The second kappa shape index (κ2) is 22.4. The molecule has 15 heteroatoms. The molecule has 1 fully saturated rings. The summed E-state index contributed by atoms with van der Waals surface area (Å²) in [5.41, 5.74) is 7.62. The maximum atomic E-state index is 12.3. The molecule has 2 N–H and O–H groups in total. The monoisotopic (exact) mass is 561 g/mol. The van der Waals surface area contributed by atoms with Crippen molar-refractivity contribution >= 4 is 12.1 Å². The normalized spacial score (nSPS) is 14.1. The average Bonchev–Trinajstić information content (AvgIpc) is 2.89. The van der Waals surface area contributed by atoms with Crippen molar-refractivity contribution in [3.63, 3.8) is 0 Å². The molecule has 15 nitrogen and oxygen atoms in total. The quantitative estimate of drug-likeness (QED) is 0.0906. The third kappa shape index (κ3) is 21.2. The van der Waals surface area contributed by atoms with E-state index >= 15 is 0 Å². The van der Waals surface area contributed by atoms with E-state index in [-0.39, 0.29) is 6.03 Å². The van der Waals surface area contributed by atoms with E-state index < -0.39 is 11.7 Å². The van der Waals surface area contributed by atoms with Crippen molar-refractivity contribution < 1.29 is 38.0 Å². The summed E-state index contributed by atoms with van der Waals surface area (Å²) in [6.45, 7) is 14.7. The summed E-state index contributed by atoms with van der Waals surface area (Å²) in [5.74, 6) is 0. The fraction of sp³-hybridized carbons (Fsp3) is 0.917. The molecule has 0 saturated carbocycles. The Hall–Kier alpha value is -2.39. The number of ether oxygens (including phenoxy) is 6. The minimum atomic E-state index is -0.510. The van der Waals surface area contributed by atoms with Crippen LogP contribution in [0.25, 0.3) is 10.4 Å². The summed E-state index contributed by atoms with van der Waals surface area (Å²) in [4.78, 5) is 30.7. The number of alkyl carbamates (subject to hydrolysis) is 1. The summed E-state index contributed by atoms with van der Waals surface area (Å²) in [6, 6.07) is -0.0969. The summed E-state index contributed by atoms with van der Waals surface area (Å²) in [6.07, 6.45) is -0.416. The highest BCUT2D eigenvalue weighted by molar-refractivity contribution is 5.74. The number of azide groups is 1. The van der Waals surface area contributed by atoms with Crippen molar-refractivity contribution in [3.05, 3.63) is 10.4 Å². The first-order valence-corrected chi connectivity index (χ1v) is 13.4. The maximum Gasteiger partial charge on any atom is 0.407 e. The van der Waals surface area contributed by atoms with Gasteiger partial charge >= 0.3 is 12.1 Å². The predicted molar refractivity (Wildman–Crippen MR) is 144 cm³/mol. The highest BCUT2D eigenvalue weighted by Crippen LogP contribution is 2.06. The number of rotatable bonds is 21. The molecule has 0 aromatic carbocycles. The molecule has 0 radical (unpaired) electrons. The average molecular weight is 562 g/mol. The second-order valence-corrected chi connectivity index (χ2v) is 9.51. The van der Waals surface area contributed by atoms with Gasteiger partial charge in [-0.05, 0) is 26.3 Å². The Bertz CT molecular complexity index is 696. The van der Waals surface area contributed by atoms with E-state index in [9.17, 15) is 9.59 Å². The number of carbonyl (C=O) groups excluding carboxylic acids is 2. The Kier molecular flexibility index (Phi) is 19.9. The van der Waals surface area contributed by atoms with Crippen LogP contribution in [-0.4, -0.2) is 146 Å². The fourth-order valence-electron chi connectivity index (χ4n) is 3.28. The molecule has 0 atom stereocenters. The Labute approximate surface area is 231 Å². The number of hydrogen-bond donors (Lipinski definition) is 2. The zero-order valence-electron chi connectivity index (χ0n) is 23.7. The van der Waals surface area contributed by atoms with Gasteiger partial charge in [0.05, 0.1) is 66.1 Å². The first kappa shape index (κ1) is 34.6. The first-order valence-electron chi connectivity index (χ1n) is 13.4. The molecule has 0 aromatic rings. The van der Waals surface area contributed by atoms with Gasteiger partial charge in [0.1, 0.15) is 5.60 Å². The minimum absolute atomic E-state index is 0.0969. The van der Waals surface area contributed by atoms with Crippen LogP contribution in [0.15, 0.2) is 5.11 Å². The van der Waals surface area contributed by atoms with Crippen LogP contribution in [0.5, 0.6) is 0 Å². The van der Waals surface area contributed by atoms with Gasteiger partial charge in [0.2, 0.25) is 0 Å². The number of hydrogen-bond acceptors (Lipinski definition) is 10. The predicted octanol–water partition coefficient (Wildman–Crippen LogP) is 1.23. The van der Waals surface area contributed by atoms with Crippen LogP contribution in [0, 0.1) is 0 Å². The van der Waals surface area contributed by atoms with Crippen molar-refractivity contribution in [2.45, 2.75) is 26.4 Å². The SMILES string of the molecule is CC(C)(C)OC(=O)NCCN1CCN(C(=O)NCCOCCOCCOCCOCCOCCN=[N+]=[N-])CC1. The topological polar surface area (TPSA) is 169 Å². The van der Waals surface area contributed by atoms with Crippen molar-refractivity contribution in [1.29, 1.82) is 0 Å². The van der Waals surface area contributed by atoms with Crippen LogP contribution in [0.2, 0.25) is 0 Å². The summed E-state index contributed by atoms with van der Waals surface area (Å²) < 4.78 is 32.1. The summed E-state index contributed by atoms with van der Waals surface area (Å²) in [7, 11) is 0. The van der Waals surface area contributed by atoms with Gasteiger partial charge < -0.3 is 44.0 Å². The number of amides is 3. The van der Waals surface area contributed by atoms with Crippen LogP contribution < -0.4 is 10.6 Å². The molecule has 0 aliphatic carbocycles. The second-order valence-electron chi connectivity index (χ2n) is 9.51. The van der Waals surface area contributed by atoms with E-state index in [4.69, 9.17) is 34.0 Å². The van der Waals surface area contributed by atoms with Gasteiger partial charge in [0.15, 0.2) is 0 Å². The summed E-state index contributed by atoms with van der Waals surface area (Å²) >= 11 is 0. The van der Waals surface area contributed by atoms with Gasteiger partial charge in [-0.15, -0.1) is 0 Å². The highest BCUT2D eigenvalue weighted by Gasteiger charge is 2.21. The Morgan fingerprint density at radius 2 is 1.28 bits per heavy atom. The number of carbonyl (C=O) groups is 2. The molecule has 1 saturated heterocycles. The molecular formula is C24H47N7O8. The molecule has 1 aliphatic rings. The van der Waals surface area contributed by atoms with Crippen molar-refractivity contribution in [1.82, 2.24) is 20.4 Å². The van der Waals surface area contributed by atoms with Crippen LogP contribution in [-0.2, 0) is 28.4 Å². The molecule has 1 heterocycles. The van der Waals surface area contributed by atoms with Gasteiger partial charge in [0, 0.05) is 57.3 Å². The fourth-order valence-corrected chi connectivity index (χ4v) is 3.28. The zero-order valence-corrected chi connectivity index (χ0v) is 23.7. The van der Waals surface area contributed by atoms with Crippen molar-refractivity contribution in [3.8, 4) is 0 Å². The highest BCUT2D eigenvalue weighted by atomic mass is 16.6. The van der Waals surface area contributed by atoms with Crippen LogP contribution >= 0.6 is 0 Å². The third-order valence-corrected chi connectivity index (χ3v) is 5.17. The van der Waals surface area contributed by atoms with Gasteiger partial charge in [-0.3, -0.25) is 4.90 Å². The Morgan fingerprint density at radius 3 is 1.79 bits per heavy atom. The molecule has 0 unspecified atom stereocenters. The first-order chi connectivity index (χ1) is 18.8. The largest absolute Gasteiger partial charge is 0.444 e. The molecule has 226 valence electrons. The smallest absolute Gasteiger partial charge is 0.407 e. The van der Waals surface area contributed by atoms with E-state index in [1.807, 2.05) is 20.8 Å². The van der Waals surface area contributed by atoms with E-state index in [1.54, 1.807) is 4.90 Å². The lowest BCUT2D eigenvalue weighted by molar-refractivity contribution is -0.0102. The molecule has 1 aliphatic heterocycles. The van der Waals surface area contributed by atoms with Crippen LogP contribution in [0.1, 0.15) is 20.8 Å². The maximum absolute atomic E-state index is 12.3. The lowest BCUT2D eigenvalue weighted by Crippen LogP contribution is -2.53. The minimum Gasteiger partial charge on any atom is -0.444 e. The van der Waals surface area contributed by atoms with Gasteiger partial charge in [0.25, 0.3) is 0 Å². The zero-order chi connectivity index (χ0) is 28.6. The molecule has 3 amide bonds. The number of nitrogens with zero attached hydrogens (tertiary/aromatic N) is 5. The van der Waals surface area contributed by atoms with Crippen molar-refractivity contribution in [2.24, 2.45) is 5.11 Å². The van der Waals surface area contributed by atoms with E-state index in [0.29, 0.717) is 105 Å². The lowest BCUT2D eigenvalue weighted by atomic mass is 10.2. The van der Waals surface area contributed by atoms with Gasteiger partial charge in [-0.1, -0.05) is 5.11 Å². The van der Waals surface area contributed by atoms with Gasteiger partial charge in [-0.25, -0.2) is 9.59 Å². The number of piperazine rings is 1. The van der Waals surface area contributed by atoms with Crippen LogP contribution in [0.3, 0.4) is 0 Å². The standard InChI is InChI=1S/C24H47N7O8/c1-24(2,3)39-23(33)27-4-7-30-8-10-31(11-9-30)22(32)26-5-12-34-14-16-36-18-20-38-21-19-37-17-15-35-13-6-28-29-25/h4-21H2,1-3H3,(H,26,32)(H,27,33). The molecule has 0 spiro atoms. The lowest BCUT2D eigenvalue weighted by Gasteiger charge is -2.34. The molecule has 1 rings (SSSR count). The number of nitrogens with one attached hydrogen (secondary N) is 2. The van der Waals surface area contributed by atoms with E-state index in [2.05, 4.69) is 25.6 Å².